The van der Waals surface area contributed by atoms with Crippen LogP contribution in [0.4, 0.5) is 5.69 Å². The molecule has 3 rings (SSSR count). The molecule has 0 aliphatic heterocycles. The van der Waals surface area contributed by atoms with E-state index in [0.29, 0.717) is 17.4 Å². The quantitative estimate of drug-likeness (QED) is 0.698. The second-order valence-corrected chi connectivity index (χ2v) is 3.97. The van der Waals surface area contributed by atoms with E-state index in [4.69, 9.17) is 14.7 Å². The van der Waals surface area contributed by atoms with Gasteiger partial charge in [0.1, 0.15) is 6.26 Å². The number of aromatic nitrogens is 2. The zero-order chi connectivity index (χ0) is 12.5. The van der Waals surface area contributed by atoms with Crippen LogP contribution >= 0.6 is 0 Å². The van der Waals surface area contributed by atoms with Crippen molar-refractivity contribution in [2.75, 3.05) is 5.73 Å². The fourth-order valence-corrected chi connectivity index (χ4v) is 1.71. The van der Waals surface area contributed by atoms with Crippen molar-refractivity contribution in [3.63, 3.8) is 0 Å². The molecule has 90 valence electrons. The molecule has 0 radical (unpaired) electrons. The Morgan fingerprint density at radius 2 is 2.11 bits per heavy atom. The highest BCUT2D eigenvalue weighted by Crippen LogP contribution is 2.28. The van der Waals surface area contributed by atoms with Gasteiger partial charge in [-0.05, 0) is 24.6 Å². The van der Waals surface area contributed by atoms with Crippen LogP contribution in [0.5, 0.6) is 0 Å². The lowest BCUT2D eigenvalue weighted by Crippen LogP contribution is -1.93. The Balaban J connectivity index is 2.06. The molecule has 5 nitrogen and oxygen atoms in total. The van der Waals surface area contributed by atoms with Crippen molar-refractivity contribution < 1.29 is 8.94 Å². The maximum Gasteiger partial charge on any atom is 0.260 e. The molecule has 0 bridgehead atoms. The summed E-state index contributed by atoms with van der Waals surface area (Å²) in [6.45, 7) is 1.94. The van der Waals surface area contributed by atoms with E-state index in [2.05, 4.69) is 10.1 Å². The van der Waals surface area contributed by atoms with Crippen molar-refractivity contribution in [2.45, 2.75) is 6.92 Å². The van der Waals surface area contributed by atoms with Gasteiger partial charge in [0.05, 0.1) is 17.4 Å². The third kappa shape index (κ3) is 1.66. The molecule has 3 aromatic rings. The number of benzene rings is 1. The van der Waals surface area contributed by atoms with Crippen LogP contribution in [0.1, 0.15) is 5.56 Å². The molecule has 0 aliphatic rings. The molecule has 0 saturated carbocycles. The summed E-state index contributed by atoms with van der Waals surface area (Å²) in [5.74, 6) is 0.895. The molecule has 2 aromatic heterocycles. The number of nitrogen functional groups attached to an aromatic ring is 1. The van der Waals surface area contributed by atoms with Crippen molar-refractivity contribution in [3.8, 4) is 22.8 Å². The second kappa shape index (κ2) is 4.03. The van der Waals surface area contributed by atoms with Gasteiger partial charge >= 0.3 is 0 Å². The molecule has 0 saturated heterocycles. The Hall–Kier alpha value is -2.56. The molecular weight excluding hydrogens is 230 g/mol. The van der Waals surface area contributed by atoms with E-state index in [1.54, 1.807) is 18.6 Å². The van der Waals surface area contributed by atoms with Gasteiger partial charge in [0.2, 0.25) is 5.82 Å². The lowest BCUT2D eigenvalue weighted by Gasteiger charge is -2.02. The lowest BCUT2D eigenvalue weighted by molar-refractivity contribution is 0.432. The van der Waals surface area contributed by atoms with Crippen LogP contribution in [-0.2, 0) is 0 Å². The lowest BCUT2D eigenvalue weighted by atomic mass is 10.1. The first-order chi connectivity index (χ1) is 8.75. The van der Waals surface area contributed by atoms with Crippen molar-refractivity contribution in [2.24, 2.45) is 0 Å². The maximum absolute atomic E-state index is 6.00. The van der Waals surface area contributed by atoms with Gasteiger partial charge in [-0.3, -0.25) is 0 Å². The zero-order valence-electron chi connectivity index (χ0n) is 9.75. The zero-order valence-corrected chi connectivity index (χ0v) is 9.75. The summed E-state index contributed by atoms with van der Waals surface area (Å²) >= 11 is 0. The fourth-order valence-electron chi connectivity index (χ4n) is 1.71. The molecule has 0 amide bonds. The predicted octanol–water partition coefficient (Wildman–Crippen LogP) is 2.89. The largest absolute Gasteiger partial charge is 0.472 e. The highest BCUT2D eigenvalue weighted by molar-refractivity contribution is 5.73. The van der Waals surface area contributed by atoms with E-state index in [9.17, 15) is 0 Å². The Morgan fingerprint density at radius 3 is 2.89 bits per heavy atom. The average Bonchev–Trinajstić information content (AvgIpc) is 3.01. The van der Waals surface area contributed by atoms with E-state index in [-0.39, 0.29) is 0 Å². The van der Waals surface area contributed by atoms with Crippen LogP contribution in [0.2, 0.25) is 0 Å². The summed E-state index contributed by atoms with van der Waals surface area (Å²) < 4.78 is 10.2. The van der Waals surface area contributed by atoms with Crippen LogP contribution in [-0.4, -0.2) is 10.1 Å². The molecule has 2 heterocycles. The first-order valence-electron chi connectivity index (χ1n) is 5.47. The molecule has 0 atom stereocenters. The van der Waals surface area contributed by atoms with Gasteiger partial charge in [0.15, 0.2) is 0 Å². The van der Waals surface area contributed by atoms with Crippen molar-refractivity contribution in [3.05, 3.63) is 42.4 Å². The summed E-state index contributed by atoms with van der Waals surface area (Å²) in [6, 6.07) is 7.47. The van der Waals surface area contributed by atoms with Gasteiger partial charge in [-0.2, -0.15) is 4.98 Å². The van der Waals surface area contributed by atoms with Gasteiger partial charge in [0.25, 0.3) is 5.89 Å². The highest BCUT2D eigenvalue weighted by atomic mass is 16.5. The molecule has 5 heteroatoms. The topological polar surface area (TPSA) is 78.1 Å². The average molecular weight is 241 g/mol. The number of anilines is 1. The standard InChI is InChI=1S/C13H11N3O2/c1-8-3-2-4-10(11(8)14)13-15-12(16-18-13)9-5-6-17-7-9/h2-7H,14H2,1H3. The van der Waals surface area contributed by atoms with Crippen LogP contribution in [0.25, 0.3) is 22.8 Å². The molecular formula is C13H11N3O2. The molecule has 0 spiro atoms. The molecule has 0 fully saturated rings. The summed E-state index contributed by atoms with van der Waals surface area (Å²) in [5.41, 5.74) is 9.15. The number of nitrogens with two attached hydrogens (primary N) is 1. The molecule has 0 unspecified atom stereocenters. The Labute approximate surface area is 103 Å². The normalized spacial score (nSPS) is 10.7. The molecule has 18 heavy (non-hydrogen) atoms. The SMILES string of the molecule is Cc1cccc(-c2nc(-c3ccoc3)no2)c1N. The van der Waals surface area contributed by atoms with Crippen LogP contribution < -0.4 is 5.73 Å². The van der Waals surface area contributed by atoms with Gasteiger partial charge in [-0.15, -0.1) is 0 Å². The maximum atomic E-state index is 6.00. The minimum Gasteiger partial charge on any atom is -0.472 e. The van der Waals surface area contributed by atoms with Crippen molar-refractivity contribution >= 4 is 5.69 Å². The van der Waals surface area contributed by atoms with Crippen LogP contribution in [0.3, 0.4) is 0 Å². The number of para-hydroxylation sites is 1. The number of nitrogens with zero attached hydrogens (tertiary/aromatic N) is 2. The summed E-state index contributed by atoms with van der Waals surface area (Å²) in [5, 5.41) is 3.90. The van der Waals surface area contributed by atoms with Crippen molar-refractivity contribution in [1.29, 1.82) is 0 Å². The summed E-state index contributed by atoms with van der Waals surface area (Å²) in [6.07, 6.45) is 3.13. The molecule has 1 aromatic carbocycles. The third-order valence-electron chi connectivity index (χ3n) is 2.76. The number of furan rings is 1. The predicted molar refractivity (Wildman–Crippen MR) is 66.6 cm³/mol. The molecule has 0 aliphatic carbocycles. The minimum atomic E-state index is 0.410. The summed E-state index contributed by atoms with van der Waals surface area (Å²) in [7, 11) is 0. The third-order valence-corrected chi connectivity index (χ3v) is 2.76. The van der Waals surface area contributed by atoms with E-state index in [1.165, 1.54) is 0 Å². The van der Waals surface area contributed by atoms with Crippen LogP contribution in [0, 0.1) is 6.92 Å². The Bertz CT molecular complexity index is 671. The highest BCUT2D eigenvalue weighted by Gasteiger charge is 2.14. The Kier molecular flexibility index (Phi) is 2.37. The number of aryl methyl sites for hydroxylation is 1. The van der Waals surface area contributed by atoms with Gasteiger partial charge in [-0.25, -0.2) is 0 Å². The van der Waals surface area contributed by atoms with Gasteiger partial charge in [-0.1, -0.05) is 17.3 Å². The summed E-state index contributed by atoms with van der Waals surface area (Å²) in [4.78, 5) is 4.31. The number of rotatable bonds is 2. The van der Waals surface area contributed by atoms with Crippen molar-refractivity contribution in [1.82, 2.24) is 10.1 Å². The first kappa shape index (κ1) is 10.6. The number of hydrogen-bond donors (Lipinski definition) is 1. The van der Waals surface area contributed by atoms with E-state index >= 15 is 0 Å². The van der Waals surface area contributed by atoms with Crippen LogP contribution in [0.15, 0.2) is 45.7 Å². The van der Waals surface area contributed by atoms with E-state index in [1.807, 2.05) is 25.1 Å². The van der Waals surface area contributed by atoms with E-state index < -0.39 is 0 Å². The van der Waals surface area contributed by atoms with Gasteiger partial charge in [0, 0.05) is 5.69 Å². The smallest absolute Gasteiger partial charge is 0.260 e. The Morgan fingerprint density at radius 1 is 1.22 bits per heavy atom. The monoisotopic (exact) mass is 241 g/mol. The van der Waals surface area contributed by atoms with E-state index in [0.717, 1.165) is 16.7 Å². The van der Waals surface area contributed by atoms with Gasteiger partial charge < -0.3 is 14.7 Å². The second-order valence-electron chi connectivity index (χ2n) is 3.97. The molecule has 2 N–H and O–H groups in total. The fraction of sp³-hybridized carbons (Fsp3) is 0.0769. The first-order valence-corrected chi connectivity index (χ1v) is 5.47. The minimum absolute atomic E-state index is 0.410. The number of hydrogen-bond acceptors (Lipinski definition) is 5.